The molecular weight excluding hydrogens is 284 g/mol. The molecule has 0 spiro atoms. The number of aryl methyl sites for hydroxylation is 1. The van der Waals surface area contributed by atoms with Crippen molar-refractivity contribution >= 4 is 23.1 Å². The molecular formula is C15H14N4OS. The fraction of sp³-hybridized carbons (Fsp3) is 0.133. The summed E-state index contributed by atoms with van der Waals surface area (Å²) in [5.74, 6) is -0.124. The average molecular weight is 298 g/mol. The zero-order chi connectivity index (χ0) is 14.7. The van der Waals surface area contributed by atoms with Crippen molar-refractivity contribution in [1.29, 1.82) is 0 Å². The summed E-state index contributed by atoms with van der Waals surface area (Å²) in [7, 11) is 0. The van der Waals surface area contributed by atoms with Crippen LogP contribution in [0.1, 0.15) is 21.6 Å². The number of imidazole rings is 1. The number of nitrogens with zero attached hydrogens (tertiary/aromatic N) is 3. The van der Waals surface area contributed by atoms with Gasteiger partial charge < -0.3 is 9.88 Å². The van der Waals surface area contributed by atoms with E-state index in [1.54, 1.807) is 17.9 Å². The van der Waals surface area contributed by atoms with Crippen molar-refractivity contribution in [3.8, 4) is 0 Å². The zero-order valence-corrected chi connectivity index (χ0v) is 12.3. The van der Waals surface area contributed by atoms with E-state index in [0.29, 0.717) is 5.56 Å². The Kier molecular flexibility index (Phi) is 3.79. The molecule has 1 amide bonds. The first-order valence-corrected chi connectivity index (χ1v) is 7.33. The van der Waals surface area contributed by atoms with Gasteiger partial charge in [-0.3, -0.25) is 4.79 Å². The third-order valence-corrected chi connectivity index (χ3v) is 3.82. The van der Waals surface area contributed by atoms with Crippen LogP contribution in [0.25, 0.3) is 0 Å². The van der Waals surface area contributed by atoms with Gasteiger partial charge in [-0.1, -0.05) is 12.1 Å². The number of anilines is 1. The van der Waals surface area contributed by atoms with Crippen molar-refractivity contribution < 1.29 is 4.79 Å². The Morgan fingerprint density at radius 2 is 2.33 bits per heavy atom. The molecule has 1 N–H and O–H groups in total. The Hall–Kier alpha value is -2.47. The van der Waals surface area contributed by atoms with Gasteiger partial charge in [0, 0.05) is 30.0 Å². The van der Waals surface area contributed by atoms with Crippen LogP contribution in [0.15, 0.2) is 48.4 Å². The van der Waals surface area contributed by atoms with Crippen molar-refractivity contribution in [2.75, 3.05) is 5.32 Å². The standard InChI is InChI=1S/C15H14N4OS/c1-11-14(9-21-18-11)15(20)17-13-4-2-3-12(7-13)8-19-6-5-16-10-19/h2-7,9-10H,8H2,1H3,(H,17,20). The topological polar surface area (TPSA) is 59.8 Å². The van der Waals surface area contributed by atoms with Crippen LogP contribution in [0, 0.1) is 6.92 Å². The van der Waals surface area contributed by atoms with Gasteiger partial charge >= 0.3 is 0 Å². The van der Waals surface area contributed by atoms with Crippen LogP contribution < -0.4 is 5.32 Å². The number of hydrogen-bond donors (Lipinski definition) is 1. The second kappa shape index (κ2) is 5.88. The van der Waals surface area contributed by atoms with E-state index >= 15 is 0 Å². The van der Waals surface area contributed by atoms with Crippen molar-refractivity contribution in [3.05, 3.63) is 65.2 Å². The summed E-state index contributed by atoms with van der Waals surface area (Å²) in [6.07, 6.45) is 5.43. The van der Waals surface area contributed by atoms with E-state index in [2.05, 4.69) is 14.7 Å². The van der Waals surface area contributed by atoms with E-state index in [0.717, 1.165) is 23.5 Å². The maximum absolute atomic E-state index is 12.2. The summed E-state index contributed by atoms with van der Waals surface area (Å²) in [5.41, 5.74) is 3.27. The third kappa shape index (κ3) is 3.17. The molecule has 21 heavy (non-hydrogen) atoms. The number of aromatic nitrogens is 3. The molecule has 0 bridgehead atoms. The molecule has 106 valence electrons. The quantitative estimate of drug-likeness (QED) is 0.805. The van der Waals surface area contributed by atoms with Crippen LogP contribution in [-0.2, 0) is 6.54 Å². The molecule has 3 rings (SSSR count). The predicted molar refractivity (Wildman–Crippen MR) is 82.6 cm³/mol. The number of amides is 1. The van der Waals surface area contributed by atoms with Gasteiger partial charge in [0.2, 0.25) is 0 Å². The van der Waals surface area contributed by atoms with Gasteiger partial charge in [-0.2, -0.15) is 4.37 Å². The van der Waals surface area contributed by atoms with Crippen molar-refractivity contribution in [2.24, 2.45) is 0 Å². The second-order valence-electron chi connectivity index (χ2n) is 4.70. The number of carbonyl (C=O) groups excluding carboxylic acids is 1. The predicted octanol–water partition coefficient (Wildman–Crippen LogP) is 2.95. The minimum atomic E-state index is -0.124. The Bertz CT molecular complexity index is 749. The average Bonchev–Trinajstić information content (AvgIpc) is 3.10. The van der Waals surface area contributed by atoms with E-state index in [9.17, 15) is 4.79 Å². The lowest BCUT2D eigenvalue weighted by Crippen LogP contribution is -2.12. The fourth-order valence-corrected chi connectivity index (χ4v) is 2.74. The SMILES string of the molecule is Cc1nscc1C(=O)Nc1cccc(Cn2ccnc2)c1. The highest BCUT2D eigenvalue weighted by Gasteiger charge is 2.11. The van der Waals surface area contributed by atoms with E-state index in [1.165, 1.54) is 11.5 Å². The summed E-state index contributed by atoms with van der Waals surface area (Å²) in [4.78, 5) is 16.2. The van der Waals surface area contributed by atoms with Gasteiger partial charge in [-0.15, -0.1) is 0 Å². The molecule has 0 unspecified atom stereocenters. The second-order valence-corrected chi connectivity index (χ2v) is 5.33. The van der Waals surface area contributed by atoms with Crippen LogP contribution in [0.4, 0.5) is 5.69 Å². The van der Waals surface area contributed by atoms with Crippen LogP contribution in [-0.4, -0.2) is 19.8 Å². The largest absolute Gasteiger partial charge is 0.333 e. The lowest BCUT2D eigenvalue weighted by atomic mass is 10.2. The molecule has 0 saturated carbocycles. The maximum atomic E-state index is 12.2. The summed E-state index contributed by atoms with van der Waals surface area (Å²) in [6.45, 7) is 2.56. The minimum Gasteiger partial charge on any atom is -0.333 e. The number of hydrogen-bond acceptors (Lipinski definition) is 4. The number of benzene rings is 1. The smallest absolute Gasteiger partial charge is 0.258 e. The molecule has 1 aromatic carbocycles. The van der Waals surface area contributed by atoms with E-state index in [-0.39, 0.29) is 5.91 Å². The van der Waals surface area contributed by atoms with Gasteiger partial charge in [0.05, 0.1) is 17.6 Å². The molecule has 3 aromatic rings. The summed E-state index contributed by atoms with van der Waals surface area (Å²) >= 11 is 1.29. The molecule has 2 heterocycles. The summed E-state index contributed by atoms with van der Waals surface area (Å²) in [5, 5.41) is 4.67. The lowest BCUT2D eigenvalue weighted by Gasteiger charge is -2.07. The third-order valence-electron chi connectivity index (χ3n) is 3.10. The first-order chi connectivity index (χ1) is 10.2. The zero-order valence-electron chi connectivity index (χ0n) is 11.5. The van der Waals surface area contributed by atoms with Gasteiger partial charge in [0.15, 0.2) is 0 Å². The lowest BCUT2D eigenvalue weighted by molar-refractivity contribution is 0.102. The molecule has 0 aliphatic carbocycles. The molecule has 0 aliphatic heterocycles. The first-order valence-electron chi connectivity index (χ1n) is 6.49. The highest BCUT2D eigenvalue weighted by molar-refractivity contribution is 7.04. The van der Waals surface area contributed by atoms with Gasteiger partial charge in [0.1, 0.15) is 0 Å². The number of carbonyl (C=O) groups is 1. The summed E-state index contributed by atoms with van der Waals surface area (Å²) in [6, 6.07) is 7.80. The van der Waals surface area contributed by atoms with E-state index in [1.807, 2.05) is 42.0 Å². The Morgan fingerprint density at radius 3 is 3.05 bits per heavy atom. The van der Waals surface area contributed by atoms with Gasteiger partial charge in [-0.05, 0) is 36.2 Å². The first kappa shape index (κ1) is 13.5. The van der Waals surface area contributed by atoms with E-state index in [4.69, 9.17) is 0 Å². The molecule has 0 radical (unpaired) electrons. The molecule has 6 heteroatoms. The summed E-state index contributed by atoms with van der Waals surface area (Å²) < 4.78 is 6.10. The van der Waals surface area contributed by atoms with Crippen molar-refractivity contribution in [3.63, 3.8) is 0 Å². The molecule has 0 aliphatic rings. The van der Waals surface area contributed by atoms with Crippen LogP contribution in [0.2, 0.25) is 0 Å². The molecule has 0 atom stereocenters. The normalized spacial score (nSPS) is 10.5. The Labute approximate surface area is 126 Å². The molecule has 5 nitrogen and oxygen atoms in total. The van der Waals surface area contributed by atoms with Crippen molar-refractivity contribution in [1.82, 2.24) is 13.9 Å². The highest BCUT2D eigenvalue weighted by atomic mass is 32.1. The number of nitrogens with one attached hydrogen (secondary N) is 1. The monoisotopic (exact) mass is 298 g/mol. The van der Waals surface area contributed by atoms with Crippen molar-refractivity contribution in [2.45, 2.75) is 13.5 Å². The van der Waals surface area contributed by atoms with Crippen LogP contribution in [0.5, 0.6) is 0 Å². The highest BCUT2D eigenvalue weighted by Crippen LogP contribution is 2.15. The Balaban J connectivity index is 1.74. The molecule has 2 aromatic heterocycles. The molecule has 0 saturated heterocycles. The molecule has 0 fully saturated rings. The van der Waals surface area contributed by atoms with Crippen LogP contribution >= 0.6 is 11.5 Å². The Morgan fingerprint density at radius 1 is 1.43 bits per heavy atom. The van der Waals surface area contributed by atoms with Crippen LogP contribution in [0.3, 0.4) is 0 Å². The van der Waals surface area contributed by atoms with Gasteiger partial charge in [-0.25, -0.2) is 4.98 Å². The van der Waals surface area contributed by atoms with Gasteiger partial charge in [0.25, 0.3) is 5.91 Å². The fourth-order valence-electron chi connectivity index (χ4n) is 2.05. The maximum Gasteiger partial charge on any atom is 0.258 e. The minimum absolute atomic E-state index is 0.124. The number of rotatable bonds is 4. The van der Waals surface area contributed by atoms with E-state index < -0.39 is 0 Å².